The molecule has 0 fully saturated rings. The Balaban J connectivity index is 1.71. The molecule has 24 heavy (non-hydrogen) atoms. The van der Waals surface area contributed by atoms with Crippen molar-refractivity contribution in [1.82, 2.24) is 20.1 Å². The predicted molar refractivity (Wildman–Crippen MR) is 87.7 cm³/mol. The van der Waals surface area contributed by atoms with Crippen LogP contribution in [0.5, 0.6) is 0 Å². The van der Waals surface area contributed by atoms with E-state index in [0.29, 0.717) is 29.5 Å². The van der Waals surface area contributed by atoms with E-state index >= 15 is 0 Å². The number of hydrogen-bond acceptors (Lipinski definition) is 6. The molecule has 0 bridgehead atoms. The van der Waals surface area contributed by atoms with Crippen molar-refractivity contribution in [2.45, 2.75) is 58.7 Å². The summed E-state index contributed by atoms with van der Waals surface area (Å²) < 4.78 is 12.4. The third kappa shape index (κ3) is 3.21. The molecule has 1 aliphatic heterocycles. The second-order valence-corrected chi connectivity index (χ2v) is 6.46. The van der Waals surface area contributed by atoms with E-state index < -0.39 is 0 Å². The van der Waals surface area contributed by atoms with Gasteiger partial charge >= 0.3 is 5.97 Å². The fourth-order valence-electron chi connectivity index (χ4n) is 2.97. The Hall–Kier alpha value is -2.15. The number of furan rings is 1. The fourth-order valence-corrected chi connectivity index (χ4v) is 2.97. The summed E-state index contributed by atoms with van der Waals surface area (Å²) in [5.74, 6) is 3.11. The minimum Gasteiger partial charge on any atom is -0.465 e. The van der Waals surface area contributed by atoms with Crippen molar-refractivity contribution >= 4 is 5.97 Å². The first-order valence-corrected chi connectivity index (χ1v) is 8.35. The van der Waals surface area contributed by atoms with E-state index in [9.17, 15) is 4.79 Å². The lowest BCUT2D eigenvalue weighted by molar-refractivity contribution is 0.0599. The number of rotatable bonds is 5. The van der Waals surface area contributed by atoms with Gasteiger partial charge in [0.05, 0.1) is 19.7 Å². The molecule has 0 aromatic carbocycles. The Labute approximate surface area is 141 Å². The highest BCUT2D eigenvalue weighted by molar-refractivity contribution is 5.90. The molecule has 7 heteroatoms. The van der Waals surface area contributed by atoms with Crippen LogP contribution in [0.1, 0.15) is 72.2 Å². The zero-order valence-corrected chi connectivity index (χ0v) is 14.6. The normalized spacial score (nSPS) is 17.1. The van der Waals surface area contributed by atoms with E-state index in [-0.39, 0.29) is 12.0 Å². The lowest BCUT2D eigenvalue weighted by Gasteiger charge is -2.22. The first-order chi connectivity index (χ1) is 11.5. The Kier molecular flexibility index (Phi) is 4.71. The van der Waals surface area contributed by atoms with Gasteiger partial charge in [0.1, 0.15) is 22.9 Å². The molecule has 0 unspecified atom stereocenters. The van der Waals surface area contributed by atoms with Crippen LogP contribution in [0.15, 0.2) is 10.5 Å². The van der Waals surface area contributed by atoms with Crippen LogP contribution in [0.25, 0.3) is 0 Å². The maximum Gasteiger partial charge on any atom is 0.341 e. The van der Waals surface area contributed by atoms with Gasteiger partial charge in [0.15, 0.2) is 5.82 Å². The first kappa shape index (κ1) is 16.7. The fraction of sp³-hybridized carbons (Fsp3) is 0.588. The number of carbonyl (C=O) groups excluding carboxylic acids is 1. The third-order valence-corrected chi connectivity index (χ3v) is 4.30. The summed E-state index contributed by atoms with van der Waals surface area (Å²) in [5.41, 5.74) is 0.475. The second kappa shape index (κ2) is 6.76. The van der Waals surface area contributed by atoms with Gasteiger partial charge < -0.3 is 14.5 Å². The van der Waals surface area contributed by atoms with Crippen LogP contribution in [0.2, 0.25) is 0 Å². The van der Waals surface area contributed by atoms with Crippen LogP contribution < -0.4 is 5.32 Å². The van der Waals surface area contributed by atoms with Crippen molar-refractivity contribution in [3.8, 4) is 0 Å². The summed E-state index contributed by atoms with van der Waals surface area (Å²) in [4.78, 5) is 16.4. The van der Waals surface area contributed by atoms with Gasteiger partial charge in [-0.2, -0.15) is 5.10 Å². The molecule has 2 aromatic heterocycles. The number of methoxy groups -OCH3 is 1. The SMILES string of the molecule is COC(=O)c1cc(CN[C@H]2CCCn3nc(C(C)C)nc32)oc1C. The van der Waals surface area contributed by atoms with E-state index in [1.54, 1.807) is 13.0 Å². The largest absolute Gasteiger partial charge is 0.465 e. The average Bonchev–Trinajstić information content (AvgIpc) is 3.16. The van der Waals surface area contributed by atoms with Crippen molar-refractivity contribution < 1.29 is 13.9 Å². The number of hydrogen-bond donors (Lipinski definition) is 1. The molecule has 1 aliphatic rings. The van der Waals surface area contributed by atoms with Crippen LogP contribution in [0.4, 0.5) is 0 Å². The van der Waals surface area contributed by atoms with Crippen LogP contribution in [-0.4, -0.2) is 27.8 Å². The number of aryl methyl sites for hydroxylation is 2. The molecule has 0 radical (unpaired) electrons. The predicted octanol–water partition coefficient (Wildman–Crippen LogP) is 2.71. The van der Waals surface area contributed by atoms with Gasteiger partial charge in [-0.15, -0.1) is 0 Å². The minimum absolute atomic E-state index is 0.144. The van der Waals surface area contributed by atoms with E-state index in [0.717, 1.165) is 31.0 Å². The molecule has 0 aliphatic carbocycles. The first-order valence-electron chi connectivity index (χ1n) is 8.35. The molecular weight excluding hydrogens is 308 g/mol. The van der Waals surface area contributed by atoms with Crippen molar-refractivity contribution in [1.29, 1.82) is 0 Å². The number of nitrogens with one attached hydrogen (secondary N) is 1. The Bertz CT molecular complexity index is 732. The van der Waals surface area contributed by atoms with Crippen LogP contribution in [0.3, 0.4) is 0 Å². The molecule has 0 spiro atoms. The van der Waals surface area contributed by atoms with E-state index in [1.165, 1.54) is 7.11 Å². The number of aromatic nitrogens is 3. The van der Waals surface area contributed by atoms with E-state index in [1.807, 2.05) is 4.68 Å². The number of carbonyl (C=O) groups is 1. The summed E-state index contributed by atoms with van der Waals surface area (Å²) in [6, 6.07) is 1.88. The molecule has 0 saturated carbocycles. The van der Waals surface area contributed by atoms with Crippen LogP contribution in [0, 0.1) is 6.92 Å². The standard InChI is InChI=1S/C17H24N4O3/c1-10(2)15-19-16-14(6-5-7-21(16)20-15)18-9-12-8-13(11(3)24-12)17(22)23-4/h8,10,14,18H,5-7,9H2,1-4H3/t14-/m0/s1. The summed E-state index contributed by atoms with van der Waals surface area (Å²) >= 11 is 0. The summed E-state index contributed by atoms with van der Waals surface area (Å²) in [5, 5.41) is 8.06. The topological polar surface area (TPSA) is 82.2 Å². The molecule has 0 saturated heterocycles. The maximum absolute atomic E-state index is 11.7. The van der Waals surface area contributed by atoms with Crippen LogP contribution in [-0.2, 0) is 17.8 Å². The summed E-state index contributed by atoms with van der Waals surface area (Å²) in [6.07, 6.45) is 2.08. The van der Waals surface area contributed by atoms with Gasteiger partial charge in [-0.3, -0.25) is 0 Å². The van der Waals surface area contributed by atoms with Crippen molar-refractivity contribution in [2.24, 2.45) is 0 Å². The number of nitrogens with zero attached hydrogens (tertiary/aromatic N) is 3. The number of esters is 1. The quantitative estimate of drug-likeness (QED) is 0.848. The van der Waals surface area contributed by atoms with Crippen LogP contribution >= 0.6 is 0 Å². The molecule has 2 aromatic rings. The molecule has 3 rings (SSSR count). The number of ether oxygens (including phenoxy) is 1. The monoisotopic (exact) mass is 332 g/mol. The molecule has 0 amide bonds. The Morgan fingerprint density at radius 3 is 3.04 bits per heavy atom. The third-order valence-electron chi connectivity index (χ3n) is 4.30. The highest BCUT2D eigenvalue weighted by Crippen LogP contribution is 2.25. The second-order valence-electron chi connectivity index (χ2n) is 6.46. The van der Waals surface area contributed by atoms with Crippen molar-refractivity contribution in [2.75, 3.05) is 7.11 Å². The van der Waals surface area contributed by atoms with Gasteiger partial charge in [-0.1, -0.05) is 13.8 Å². The zero-order valence-electron chi connectivity index (χ0n) is 14.6. The van der Waals surface area contributed by atoms with Gasteiger partial charge in [0.25, 0.3) is 0 Å². The Morgan fingerprint density at radius 2 is 2.33 bits per heavy atom. The molecular formula is C17H24N4O3. The molecule has 3 heterocycles. The molecule has 1 N–H and O–H groups in total. The molecule has 7 nitrogen and oxygen atoms in total. The zero-order chi connectivity index (χ0) is 17.3. The maximum atomic E-state index is 11.7. The van der Waals surface area contributed by atoms with Gasteiger partial charge in [-0.05, 0) is 25.8 Å². The minimum atomic E-state index is -0.374. The van der Waals surface area contributed by atoms with Gasteiger partial charge in [0.2, 0.25) is 0 Å². The molecule has 1 atom stereocenters. The van der Waals surface area contributed by atoms with Crippen molar-refractivity contribution in [3.05, 3.63) is 34.8 Å². The Morgan fingerprint density at radius 1 is 1.54 bits per heavy atom. The van der Waals surface area contributed by atoms with E-state index in [2.05, 4.69) is 24.3 Å². The van der Waals surface area contributed by atoms with Crippen molar-refractivity contribution in [3.63, 3.8) is 0 Å². The van der Waals surface area contributed by atoms with E-state index in [4.69, 9.17) is 14.1 Å². The summed E-state index contributed by atoms with van der Waals surface area (Å²) in [7, 11) is 1.37. The van der Waals surface area contributed by atoms with Gasteiger partial charge in [-0.25, -0.2) is 14.5 Å². The lowest BCUT2D eigenvalue weighted by atomic mass is 10.1. The lowest BCUT2D eigenvalue weighted by Crippen LogP contribution is -2.28. The highest BCUT2D eigenvalue weighted by atomic mass is 16.5. The smallest absolute Gasteiger partial charge is 0.341 e. The summed E-state index contributed by atoms with van der Waals surface area (Å²) in [6.45, 7) is 7.42. The van der Waals surface area contributed by atoms with Gasteiger partial charge in [0, 0.05) is 12.5 Å². The molecule has 130 valence electrons. The number of fused-ring (bicyclic) bond motifs is 1. The average molecular weight is 332 g/mol. The highest BCUT2D eigenvalue weighted by Gasteiger charge is 2.25.